The molecule has 2 aromatic carbocycles. The van der Waals surface area contributed by atoms with Gasteiger partial charge in [0.2, 0.25) is 5.91 Å². The molecule has 3 aromatic rings. The van der Waals surface area contributed by atoms with Crippen LogP contribution in [0.5, 0.6) is 5.75 Å². The molecule has 1 saturated heterocycles. The van der Waals surface area contributed by atoms with Crippen molar-refractivity contribution >= 4 is 23.3 Å². The number of nitrogens with zero attached hydrogens (tertiary/aromatic N) is 5. The Balaban J connectivity index is 1.19. The van der Waals surface area contributed by atoms with Gasteiger partial charge in [-0.3, -0.25) is 19.2 Å². The number of aromatic nitrogens is 2. The van der Waals surface area contributed by atoms with Crippen molar-refractivity contribution in [2.75, 3.05) is 50.5 Å². The molecule has 0 bridgehead atoms. The lowest BCUT2D eigenvalue weighted by molar-refractivity contribution is -0.133. The molecule has 0 unspecified atom stereocenters. The van der Waals surface area contributed by atoms with Crippen LogP contribution in [0.25, 0.3) is 0 Å². The first-order chi connectivity index (χ1) is 18.7. The number of anilines is 2. The number of methoxy groups -OCH3 is 1. The second-order valence-corrected chi connectivity index (χ2v) is 10.6. The van der Waals surface area contributed by atoms with E-state index < -0.39 is 0 Å². The highest BCUT2D eigenvalue weighted by molar-refractivity contribution is 6.07. The van der Waals surface area contributed by atoms with Gasteiger partial charge in [0.15, 0.2) is 0 Å². The molecule has 2 amide bonds. The molecule has 2 aliphatic heterocycles. The SMILES string of the molecule is COc1ccc(N2CCc3c(N)nn(CCC(=O)N4CCN(Cc5c(C)cc(C)cc5C)CC4)c3C2=O)cc1. The molecule has 39 heavy (non-hydrogen) atoms. The number of nitrogen functional groups attached to an aromatic ring is 1. The molecule has 9 nitrogen and oxygen atoms in total. The zero-order valence-electron chi connectivity index (χ0n) is 23.4. The summed E-state index contributed by atoms with van der Waals surface area (Å²) in [5.74, 6) is 1.04. The van der Waals surface area contributed by atoms with Crippen molar-refractivity contribution < 1.29 is 14.3 Å². The minimum absolute atomic E-state index is 0.0791. The van der Waals surface area contributed by atoms with Gasteiger partial charge in [-0.25, -0.2) is 0 Å². The lowest BCUT2D eigenvalue weighted by Crippen LogP contribution is -2.48. The van der Waals surface area contributed by atoms with E-state index in [-0.39, 0.29) is 18.2 Å². The Kier molecular flexibility index (Phi) is 7.61. The van der Waals surface area contributed by atoms with E-state index >= 15 is 0 Å². The van der Waals surface area contributed by atoms with Crippen LogP contribution in [0.1, 0.15) is 44.7 Å². The fraction of sp³-hybridized carbons (Fsp3) is 0.433. The molecule has 1 aromatic heterocycles. The summed E-state index contributed by atoms with van der Waals surface area (Å²) in [5, 5.41) is 4.44. The van der Waals surface area contributed by atoms with E-state index in [4.69, 9.17) is 10.5 Å². The first-order valence-corrected chi connectivity index (χ1v) is 13.6. The van der Waals surface area contributed by atoms with Gasteiger partial charge in [0.05, 0.1) is 13.7 Å². The minimum atomic E-state index is -0.145. The number of ether oxygens (including phenoxy) is 1. The number of nitrogens with two attached hydrogens (primary N) is 1. The third kappa shape index (κ3) is 5.49. The molecular formula is C30H38N6O3. The van der Waals surface area contributed by atoms with Crippen molar-refractivity contribution in [3.05, 3.63) is 69.9 Å². The summed E-state index contributed by atoms with van der Waals surface area (Å²) in [5.41, 5.74) is 13.6. The Morgan fingerprint density at radius 1 is 1.00 bits per heavy atom. The van der Waals surface area contributed by atoms with Crippen molar-refractivity contribution in [2.45, 2.75) is 46.7 Å². The fourth-order valence-electron chi connectivity index (χ4n) is 5.82. The van der Waals surface area contributed by atoms with Crippen LogP contribution >= 0.6 is 0 Å². The highest BCUT2D eigenvalue weighted by atomic mass is 16.5. The second-order valence-electron chi connectivity index (χ2n) is 10.6. The van der Waals surface area contributed by atoms with Crippen LogP contribution in [0.4, 0.5) is 11.5 Å². The number of benzene rings is 2. The maximum atomic E-state index is 13.5. The van der Waals surface area contributed by atoms with Crippen LogP contribution in [0.15, 0.2) is 36.4 Å². The Morgan fingerprint density at radius 3 is 2.31 bits per heavy atom. The fourth-order valence-corrected chi connectivity index (χ4v) is 5.82. The molecule has 9 heteroatoms. The molecule has 5 rings (SSSR count). The largest absolute Gasteiger partial charge is 0.497 e. The summed E-state index contributed by atoms with van der Waals surface area (Å²) in [4.78, 5) is 32.7. The van der Waals surface area contributed by atoms with Crippen molar-refractivity contribution in [3.63, 3.8) is 0 Å². The van der Waals surface area contributed by atoms with Crippen LogP contribution in [-0.2, 0) is 24.3 Å². The first kappa shape index (κ1) is 26.7. The summed E-state index contributed by atoms with van der Waals surface area (Å²) < 4.78 is 6.86. The Bertz CT molecular complexity index is 1350. The van der Waals surface area contributed by atoms with Crippen LogP contribution in [0.3, 0.4) is 0 Å². The van der Waals surface area contributed by atoms with Crippen molar-refractivity contribution in [2.24, 2.45) is 0 Å². The average Bonchev–Trinajstić information content (AvgIpc) is 3.26. The van der Waals surface area contributed by atoms with Crippen LogP contribution < -0.4 is 15.4 Å². The molecule has 0 spiro atoms. The Labute approximate surface area is 230 Å². The van der Waals surface area contributed by atoms with Crippen molar-refractivity contribution in [1.29, 1.82) is 0 Å². The third-order valence-corrected chi connectivity index (χ3v) is 7.98. The highest BCUT2D eigenvalue weighted by Crippen LogP contribution is 2.29. The number of fused-ring (bicyclic) bond motifs is 1. The maximum absolute atomic E-state index is 13.5. The van der Waals surface area contributed by atoms with E-state index in [2.05, 4.69) is 42.9 Å². The molecule has 206 valence electrons. The number of amides is 2. The van der Waals surface area contributed by atoms with Gasteiger partial charge in [0.1, 0.15) is 17.3 Å². The predicted octanol–water partition coefficient (Wildman–Crippen LogP) is 3.34. The van der Waals surface area contributed by atoms with Gasteiger partial charge in [-0.15, -0.1) is 0 Å². The average molecular weight is 531 g/mol. The van der Waals surface area contributed by atoms with Gasteiger partial charge in [-0.2, -0.15) is 5.10 Å². The summed E-state index contributed by atoms with van der Waals surface area (Å²) in [6, 6.07) is 11.9. The minimum Gasteiger partial charge on any atom is -0.497 e. The van der Waals surface area contributed by atoms with Gasteiger partial charge in [-0.05, 0) is 68.1 Å². The van der Waals surface area contributed by atoms with Crippen molar-refractivity contribution in [3.8, 4) is 5.75 Å². The van der Waals surface area contributed by atoms with E-state index in [1.807, 2.05) is 29.2 Å². The number of carbonyl (C=O) groups is 2. The molecule has 0 radical (unpaired) electrons. The van der Waals surface area contributed by atoms with Gasteiger partial charge in [0, 0.05) is 56.9 Å². The zero-order chi connectivity index (χ0) is 27.7. The number of hydrogen-bond acceptors (Lipinski definition) is 6. The van der Waals surface area contributed by atoms with Crippen LogP contribution in [0, 0.1) is 20.8 Å². The second kappa shape index (κ2) is 11.1. The Morgan fingerprint density at radius 2 is 1.67 bits per heavy atom. The molecule has 3 heterocycles. The van der Waals surface area contributed by atoms with Gasteiger partial charge in [0.25, 0.3) is 5.91 Å². The summed E-state index contributed by atoms with van der Waals surface area (Å²) in [6.45, 7) is 11.3. The molecule has 2 N–H and O–H groups in total. The van der Waals surface area contributed by atoms with E-state index in [9.17, 15) is 9.59 Å². The smallest absolute Gasteiger partial charge is 0.276 e. The lowest BCUT2D eigenvalue weighted by atomic mass is 9.99. The van der Waals surface area contributed by atoms with Crippen molar-refractivity contribution in [1.82, 2.24) is 19.6 Å². The molecule has 1 fully saturated rings. The van der Waals surface area contributed by atoms with Gasteiger partial charge >= 0.3 is 0 Å². The van der Waals surface area contributed by atoms with Gasteiger partial charge < -0.3 is 20.3 Å². The molecule has 2 aliphatic rings. The summed E-state index contributed by atoms with van der Waals surface area (Å²) >= 11 is 0. The lowest BCUT2D eigenvalue weighted by Gasteiger charge is -2.35. The quantitative estimate of drug-likeness (QED) is 0.503. The normalized spacial score (nSPS) is 15.9. The molecule has 0 atom stereocenters. The van der Waals surface area contributed by atoms with Gasteiger partial charge in [-0.1, -0.05) is 17.7 Å². The number of rotatable bonds is 7. The van der Waals surface area contributed by atoms with E-state index in [1.165, 1.54) is 22.3 Å². The number of aryl methyl sites for hydroxylation is 4. The highest BCUT2D eigenvalue weighted by Gasteiger charge is 2.32. The van der Waals surface area contributed by atoms with E-state index in [1.54, 1.807) is 16.7 Å². The number of hydrogen-bond donors (Lipinski definition) is 1. The van der Waals surface area contributed by atoms with Crippen LogP contribution in [-0.4, -0.2) is 71.2 Å². The first-order valence-electron chi connectivity index (χ1n) is 13.6. The number of carbonyl (C=O) groups excluding carboxylic acids is 2. The van der Waals surface area contributed by atoms with E-state index in [0.717, 1.165) is 36.6 Å². The third-order valence-electron chi connectivity index (χ3n) is 7.98. The summed E-state index contributed by atoms with van der Waals surface area (Å²) in [6.07, 6.45) is 0.897. The molecule has 0 aliphatic carbocycles. The molecular weight excluding hydrogens is 492 g/mol. The zero-order valence-corrected chi connectivity index (χ0v) is 23.4. The molecule has 0 saturated carbocycles. The topological polar surface area (TPSA) is 96.9 Å². The monoisotopic (exact) mass is 530 g/mol. The van der Waals surface area contributed by atoms with Crippen LogP contribution in [0.2, 0.25) is 0 Å². The van der Waals surface area contributed by atoms with E-state index in [0.29, 0.717) is 44.1 Å². The Hall–Kier alpha value is -3.85. The standard InChI is InChI=1S/C30H38N6O3/c1-20-17-21(2)26(22(3)18-20)19-33-13-15-34(16-14-33)27(37)10-12-36-28-25(29(31)32-36)9-11-35(30(28)38)23-5-7-24(39-4)8-6-23/h5-8,17-18H,9-16,19H2,1-4H3,(H2,31,32). The maximum Gasteiger partial charge on any atom is 0.276 e. The predicted molar refractivity (Wildman–Crippen MR) is 152 cm³/mol. The summed E-state index contributed by atoms with van der Waals surface area (Å²) in [7, 11) is 1.61. The number of piperazine rings is 1.